The number of phenols is 1. The maximum absolute atomic E-state index is 16.7. The van der Waals surface area contributed by atoms with Crippen molar-refractivity contribution in [3.63, 3.8) is 0 Å². The lowest BCUT2D eigenvalue weighted by molar-refractivity contribution is 0.107. The van der Waals surface area contributed by atoms with Gasteiger partial charge in [-0.05, 0) is 79.1 Å². The lowest BCUT2D eigenvalue weighted by Gasteiger charge is -2.33. The number of fused-ring (bicyclic) bond motifs is 3. The topological polar surface area (TPSA) is 74.6 Å². The summed E-state index contributed by atoms with van der Waals surface area (Å²) in [5.74, 6) is -0.173. The molecule has 3 atom stereocenters. The third-order valence-electron chi connectivity index (χ3n) is 9.59. The number of alkyl halides is 1. The summed E-state index contributed by atoms with van der Waals surface area (Å²) in [6.07, 6.45) is 5.35. The molecule has 0 spiro atoms. The Balaban J connectivity index is 1.37. The molecule has 0 bridgehead atoms. The number of aryl methyl sites for hydroxylation is 1. The zero-order valence-electron chi connectivity index (χ0n) is 24.5. The molecule has 226 valence electrons. The second-order valence-electron chi connectivity index (χ2n) is 12.5. The molecule has 7 nitrogen and oxygen atoms in total. The normalized spacial score (nSPS) is 24.3. The smallest absolute Gasteiger partial charge is 0.319 e. The van der Waals surface area contributed by atoms with Gasteiger partial charge < -0.3 is 14.7 Å². The van der Waals surface area contributed by atoms with Gasteiger partial charge in [0.25, 0.3) is 0 Å². The quantitative estimate of drug-likeness (QED) is 0.271. The van der Waals surface area contributed by atoms with Gasteiger partial charge in [0.1, 0.15) is 41.4 Å². The molecular formula is C33H36F3N5O2. The van der Waals surface area contributed by atoms with E-state index in [9.17, 15) is 13.9 Å². The summed E-state index contributed by atoms with van der Waals surface area (Å²) in [5, 5.41) is 12.1. The number of pyridine rings is 1. The first-order chi connectivity index (χ1) is 20.8. The van der Waals surface area contributed by atoms with Crippen molar-refractivity contribution in [2.45, 2.75) is 64.1 Å². The molecule has 5 heterocycles. The number of halogens is 3. The van der Waals surface area contributed by atoms with Crippen molar-refractivity contribution in [2.75, 3.05) is 37.7 Å². The fourth-order valence-corrected chi connectivity index (χ4v) is 7.58. The van der Waals surface area contributed by atoms with Crippen LogP contribution in [0, 0.1) is 17.6 Å². The number of hydrogen-bond acceptors (Lipinski definition) is 7. The molecule has 10 heteroatoms. The van der Waals surface area contributed by atoms with Crippen molar-refractivity contribution in [2.24, 2.45) is 5.92 Å². The Kier molecular flexibility index (Phi) is 7.07. The van der Waals surface area contributed by atoms with Crippen molar-refractivity contribution in [3.05, 3.63) is 47.7 Å². The van der Waals surface area contributed by atoms with Crippen LogP contribution in [-0.2, 0) is 6.42 Å². The van der Waals surface area contributed by atoms with E-state index in [2.05, 4.69) is 26.7 Å². The number of benzene rings is 2. The van der Waals surface area contributed by atoms with E-state index in [1.807, 2.05) is 6.92 Å². The number of aromatic nitrogens is 3. The van der Waals surface area contributed by atoms with Crippen LogP contribution in [0.25, 0.3) is 32.9 Å². The van der Waals surface area contributed by atoms with E-state index in [0.29, 0.717) is 58.4 Å². The number of nitrogens with zero attached hydrogens (tertiary/aromatic N) is 5. The Morgan fingerprint density at radius 3 is 2.79 bits per heavy atom. The monoisotopic (exact) mass is 591 g/mol. The lowest BCUT2D eigenvalue weighted by atomic mass is 9.94. The largest absolute Gasteiger partial charge is 0.508 e. The maximum atomic E-state index is 16.7. The highest BCUT2D eigenvalue weighted by atomic mass is 19.1. The molecule has 3 aliphatic rings. The average molecular weight is 592 g/mol. The van der Waals surface area contributed by atoms with E-state index >= 15 is 4.39 Å². The van der Waals surface area contributed by atoms with Crippen LogP contribution in [0.2, 0.25) is 0 Å². The van der Waals surface area contributed by atoms with Gasteiger partial charge in [0.05, 0.1) is 10.9 Å². The molecule has 0 amide bonds. The van der Waals surface area contributed by atoms with E-state index in [1.54, 1.807) is 12.3 Å². The van der Waals surface area contributed by atoms with Gasteiger partial charge in [0.15, 0.2) is 5.82 Å². The summed E-state index contributed by atoms with van der Waals surface area (Å²) in [5.41, 5.74) is 0.324. The predicted octanol–water partition coefficient (Wildman–Crippen LogP) is 6.58. The van der Waals surface area contributed by atoms with E-state index in [0.717, 1.165) is 45.3 Å². The highest BCUT2D eigenvalue weighted by Gasteiger charge is 2.49. The van der Waals surface area contributed by atoms with E-state index in [-0.39, 0.29) is 29.6 Å². The third-order valence-corrected chi connectivity index (χ3v) is 9.59. The fraction of sp³-hybridized carbons (Fsp3) is 0.485. The van der Waals surface area contributed by atoms with Gasteiger partial charge in [-0.25, -0.2) is 13.2 Å². The average Bonchev–Trinajstić information content (AvgIpc) is 3.51. The third kappa shape index (κ3) is 4.83. The van der Waals surface area contributed by atoms with Gasteiger partial charge >= 0.3 is 6.01 Å². The van der Waals surface area contributed by atoms with Gasteiger partial charge in [0.2, 0.25) is 0 Å². The van der Waals surface area contributed by atoms with Crippen molar-refractivity contribution in [1.29, 1.82) is 0 Å². The number of rotatable bonds is 6. The molecule has 0 unspecified atom stereocenters. The lowest BCUT2D eigenvalue weighted by Crippen LogP contribution is -2.43. The number of ether oxygens (including phenoxy) is 1. The van der Waals surface area contributed by atoms with Crippen LogP contribution >= 0.6 is 0 Å². The number of phenolic OH excluding ortho intramolecular Hbond substituents is 1. The number of piperidine rings is 1. The van der Waals surface area contributed by atoms with Crippen LogP contribution in [0.4, 0.5) is 19.0 Å². The molecule has 4 aromatic rings. The molecule has 2 aromatic heterocycles. The van der Waals surface area contributed by atoms with Gasteiger partial charge in [-0.3, -0.25) is 9.88 Å². The van der Waals surface area contributed by atoms with E-state index < -0.39 is 23.3 Å². The number of anilines is 1. The summed E-state index contributed by atoms with van der Waals surface area (Å²) >= 11 is 0. The van der Waals surface area contributed by atoms with Crippen molar-refractivity contribution >= 4 is 27.5 Å². The molecule has 7 rings (SSSR count). The van der Waals surface area contributed by atoms with Crippen molar-refractivity contribution in [3.8, 4) is 23.0 Å². The maximum Gasteiger partial charge on any atom is 0.319 e. The molecule has 43 heavy (non-hydrogen) atoms. The van der Waals surface area contributed by atoms with Gasteiger partial charge in [-0.2, -0.15) is 9.97 Å². The predicted molar refractivity (Wildman–Crippen MR) is 160 cm³/mol. The second kappa shape index (κ2) is 10.8. The van der Waals surface area contributed by atoms with Crippen LogP contribution in [0.5, 0.6) is 11.8 Å². The first-order valence-electron chi connectivity index (χ1n) is 15.3. The van der Waals surface area contributed by atoms with Gasteiger partial charge in [-0.1, -0.05) is 19.9 Å². The van der Waals surface area contributed by atoms with Gasteiger partial charge in [0, 0.05) is 37.8 Å². The molecule has 3 fully saturated rings. The van der Waals surface area contributed by atoms with Crippen molar-refractivity contribution < 1.29 is 23.0 Å². The Morgan fingerprint density at radius 2 is 1.98 bits per heavy atom. The molecule has 1 N–H and O–H groups in total. The first-order valence-corrected chi connectivity index (χ1v) is 15.3. The Morgan fingerprint density at radius 1 is 1.12 bits per heavy atom. The summed E-state index contributed by atoms with van der Waals surface area (Å²) in [6, 6.07) is 5.94. The highest BCUT2D eigenvalue weighted by molar-refractivity contribution is 6.01. The molecule has 0 aliphatic carbocycles. The Bertz CT molecular complexity index is 1720. The van der Waals surface area contributed by atoms with E-state index in [4.69, 9.17) is 9.72 Å². The Hall–Kier alpha value is -3.66. The van der Waals surface area contributed by atoms with Crippen LogP contribution in [0.1, 0.15) is 51.5 Å². The van der Waals surface area contributed by atoms with Crippen LogP contribution in [0.15, 0.2) is 30.5 Å². The van der Waals surface area contributed by atoms with Crippen LogP contribution < -0.4 is 9.64 Å². The number of hydrogen-bond donors (Lipinski definition) is 1. The molecular weight excluding hydrogens is 555 g/mol. The summed E-state index contributed by atoms with van der Waals surface area (Å²) in [7, 11) is 0. The zero-order valence-corrected chi connectivity index (χ0v) is 24.5. The van der Waals surface area contributed by atoms with Gasteiger partial charge in [-0.15, -0.1) is 0 Å². The second-order valence-corrected chi connectivity index (χ2v) is 12.5. The number of aromatic hydroxyl groups is 1. The minimum Gasteiger partial charge on any atom is -0.508 e. The fourth-order valence-electron chi connectivity index (χ4n) is 7.58. The molecule has 3 saturated heterocycles. The molecule has 0 radical (unpaired) electrons. The standard InChI is InChI=1S/C33H36F3N5O2/c1-3-23-26(35)8-7-20-12-22(42)13-24(27(20)23)29-28(36)30-25(15-37-29)31(40-10-4-6-19(2)16-40)39-32(38-30)43-18-33-9-5-11-41(33)17-21(34)14-33/h7-8,12-13,15,19,21,42H,3-6,9-11,14,16-18H2,1-2H3/t19-,21-,33+/m1/s1. The molecule has 2 aromatic carbocycles. The molecule has 0 saturated carbocycles. The minimum atomic E-state index is -0.896. The summed E-state index contributed by atoms with van der Waals surface area (Å²) < 4.78 is 52.2. The SMILES string of the molecule is CCc1c(F)ccc2cc(O)cc(-c3ncc4c(N5CCC[C@@H](C)C5)nc(OC[C@@]56CCCN5C[C@H](F)C6)nc4c3F)c12. The van der Waals surface area contributed by atoms with E-state index in [1.165, 1.54) is 18.2 Å². The summed E-state index contributed by atoms with van der Waals surface area (Å²) in [4.78, 5) is 18.2. The highest BCUT2D eigenvalue weighted by Crippen LogP contribution is 2.42. The Labute approximate surface area is 248 Å². The first kappa shape index (κ1) is 28.1. The van der Waals surface area contributed by atoms with Crippen LogP contribution in [-0.4, -0.2) is 69.5 Å². The van der Waals surface area contributed by atoms with Crippen LogP contribution in [0.3, 0.4) is 0 Å². The van der Waals surface area contributed by atoms with Crippen molar-refractivity contribution in [1.82, 2.24) is 19.9 Å². The molecule has 3 aliphatic heterocycles. The zero-order chi connectivity index (χ0) is 29.9. The minimum absolute atomic E-state index is 0.0343. The summed E-state index contributed by atoms with van der Waals surface area (Å²) in [6.45, 7) is 7.00.